The van der Waals surface area contributed by atoms with E-state index in [0.717, 1.165) is 11.3 Å². The van der Waals surface area contributed by atoms with Gasteiger partial charge in [0.05, 0.1) is 17.8 Å². The number of amides is 3. The molecule has 0 radical (unpaired) electrons. The Bertz CT molecular complexity index is 1070. The van der Waals surface area contributed by atoms with Crippen molar-refractivity contribution in [3.05, 3.63) is 94.2 Å². The molecule has 4 rings (SSSR count). The number of thiophene rings is 1. The smallest absolute Gasteiger partial charge is 0.262 e. The topological polar surface area (TPSA) is 66.5 Å². The summed E-state index contributed by atoms with van der Waals surface area (Å²) in [6.07, 6.45) is 0.388. The highest BCUT2D eigenvalue weighted by Gasteiger charge is 2.52. The maximum absolute atomic E-state index is 13.5. The zero-order valence-electron chi connectivity index (χ0n) is 17.5. The van der Waals surface area contributed by atoms with E-state index in [-0.39, 0.29) is 30.7 Å². The van der Waals surface area contributed by atoms with E-state index in [1.165, 1.54) is 21.8 Å². The van der Waals surface area contributed by atoms with Crippen molar-refractivity contribution < 1.29 is 14.4 Å². The molecule has 1 saturated heterocycles. The van der Waals surface area contributed by atoms with Crippen LogP contribution < -0.4 is 5.32 Å². The van der Waals surface area contributed by atoms with Crippen LogP contribution in [-0.2, 0) is 21.9 Å². The van der Waals surface area contributed by atoms with Crippen LogP contribution in [0.15, 0.2) is 78.2 Å². The lowest BCUT2D eigenvalue weighted by Crippen LogP contribution is -2.54. The number of benzene rings is 2. The Balaban J connectivity index is 1.49. The third-order valence-electron chi connectivity index (χ3n) is 5.47. The summed E-state index contributed by atoms with van der Waals surface area (Å²) in [5, 5.41) is 4.76. The second-order valence-electron chi connectivity index (χ2n) is 7.75. The molecule has 0 aliphatic carbocycles. The third kappa shape index (κ3) is 5.11. The van der Waals surface area contributed by atoms with Gasteiger partial charge in [0.15, 0.2) is 0 Å². The fraction of sp³-hybridized carbons (Fsp3) is 0.240. The average Bonchev–Trinajstić information content (AvgIpc) is 3.43. The van der Waals surface area contributed by atoms with E-state index in [1.807, 2.05) is 53.9 Å². The minimum Gasteiger partial charge on any atom is -0.336 e. The van der Waals surface area contributed by atoms with Crippen molar-refractivity contribution in [3.8, 4) is 0 Å². The first-order valence-electron chi connectivity index (χ1n) is 10.4. The van der Waals surface area contributed by atoms with Crippen LogP contribution in [0, 0.1) is 0 Å². The van der Waals surface area contributed by atoms with E-state index in [4.69, 9.17) is 0 Å². The minimum absolute atomic E-state index is 0.0122. The van der Waals surface area contributed by atoms with Crippen LogP contribution in [-0.4, -0.2) is 33.9 Å². The van der Waals surface area contributed by atoms with Crippen molar-refractivity contribution in [3.63, 3.8) is 0 Å². The molecule has 3 amide bonds. The lowest BCUT2D eigenvalue weighted by molar-refractivity contribution is -0.140. The van der Waals surface area contributed by atoms with Gasteiger partial charge in [-0.15, -0.1) is 11.3 Å². The first-order valence-corrected chi connectivity index (χ1v) is 12.5. The SMILES string of the molecule is O=C(NC1(CCSCc2ccccc2)CC(=O)N(Cc2ccccc2)C1=O)c1cccs1. The highest BCUT2D eigenvalue weighted by molar-refractivity contribution is 7.98. The zero-order chi connectivity index (χ0) is 22.4. The number of thioether (sulfide) groups is 1. The van der Waals surface area contributed by atoms with E-state index in [2.05, 4.69) is 17.4 Å². The third-order valence-corrected chi connectivity index (χ3v) is 7.37. The molecule has 1 atom stereocenters. The second kappa shape index (κ2) is 10.1. The van der Waals surface area contributed by atoms with Crippen molar-refractivity contribution >= 4 is 40.8 Å². The molecule has 164 valence electrons. The van der Waals surface area contributed by atoms with E-state index in [0.29, 0.717) is 17.1 Å². The molecule has 0 bridgehead atoms. The summed E-state index contributed by atoms with van der Waals surface area (Å²) in [6.45, 7) is 0.215. The monoisotopic (exact) mass is 464 g/mol. The molecule has 1 fully saturated rings. The molecule has 0 spiro atoms. The van der Waals surface area contributed by atoms with Crippen LogP contribution in [0.25, 0.3) is 0 Å². The second-order valence-corrected chi connectivity index (χ2v) is 9.80. The first-order chi connectivity index (χ1) is 15.6. The molecule has 3 aromatic rings. The number of nitrogens with zero attached hydrogens (tertiary/aromatic N) is 1. The van der Waals surface area contributed by atoms with Crippen LogP contribution in [0.5, 0.6) is 0 Å². The molecule has 32 heavy (non-hydrogen) atoms. The van der Waals surface area contributed by atoms with Crippen molar-refractivity contribution in [1.82, 2.24) is 10.2 Å². The summed E-state index contributed by atoms with van der Waals surface area (Å²) in [7, 11) is 0. The summed E-state index contributed by atoms with van der Waals surface area (Å²) in [6, 6.07) is 23.1. The predicted molar refractivity (Wildman–Crippen MR) is 128 cm³/mol. The molecule has 5 nitrogen and oxygen atoms in total. The fourth-order valence-electron chi connectivity index (χ4n) is 3.78. The number of likely N-dealkylation sites (tertiary alicyclic amines) is 1. The van der Waals surface area contributed by atoms with Crippen LogP contribution in [0.3, 0.4) is 0 Å². The fourth-order valence-corrected chi connectivity index (χ4v) is 5.46. The average molecular weight is 465 g/mol. The van der Waals surface area contributed by atoms with Crippen LogP contribution >= 0.6 is 23.1 Å². The predicted octanol–water partition coefficient (Wildman–Crippen LogP) is 4.50. The van der Waals surface area contributed by atoms with Crippen LogP contribution in [0.1, 0.15) is 33.6 Å². The molecule has 1 aliphatic rings. The normalized spacial score (nSPS) is 18.2. The lowest BCUT2D eigenvalue weighted by Gasteiger charge is -2.28. The van der Waals surface area contributed by atoms with Crippen molar-refractivity contribution in [2.75, 3.05) is 5.75 Å². The zero-order valence-corrected chi connectivity index (χ0v) is 19.2. The summed E-state index contributed by atoms with van der Waals surface area (Å²) in [4.78, 5) is 41.0. The number of rotatable bonds is 9. The van der Waals surface area contributed by atoms with Gasteiger partial charge in [-0.1, -0.05) is 66.7 Å². The van der Waals surface area contributed by atoms with Crippen molar-refractivity contribution in [2.45, 2.75) is 30.7 Å². The van der Waals surface area contributed by atoms with Crippen molar-refractivity contribution in [2.24, 2.45) is 0 Å². The van der Waals surface area contributed by atoms with E-state index in [9.17, 15) is 14.4 Å². The Morgan fingerprint density at radius 2 is 1.66 bits per heavy atom. The molecule has 1 N–H and O–H groups in total. The first kappa shape index (κ1) is 22.3. The Morgan fingerprint density at radius 1 is 0.969 bits per heavy atom. The van der Waals surface area contributed by atoms with Gasteiger partial charge in [-0.2, -0.15) is 11.8 Å². The van der Waals surface area contributed by atoms with Gasteiger partial charge in [0, 0.05) is 5.75 Å². The number of imide groups is 1. The maximum Gasteiger partial charge on any atom is 0.262 e. The van der Waals surface area contributed by atoms with E-state index in [1.54, 1.807) is 23.9 Å². The van der Waals surface area contributed by atoms with E-state index < -0.39 is 5.54 Å². The molecule has 2 aromatic carbocycles. The van der Waals surface area contributed by atoms with Gasteiger partial charge < -0.3 is 5.32 Å². The van der Waals surface area contributed by atoms with Gasteiger partial charge in [-0.25, -0.2) is 0 Å². The van der Waals surface area contributed by atoms with Gasteiger partial charge in [0.1, 0.15) is 5.54 Å². The number of nitrogens with one attached hydrogen (secondary N) is 1. The maximum atomic E-state index is 13.5. The summed E-state index contributed by atoms with van der Waals surface area (Å²) < 4.78 is 0. The molecular formula is C25H24N2O3S2. The summed E-state index contributed by atoms with van der Waals surface area (Å²) in [5.74, 6) is 0.578. The highest BCUT2D eigenvalue weighted by atomic mass is 32.2. The minimum atomic E-state index is -1.21. The van der Waals surface area contributed by atoms with Gasteiger partial charge in [0.25, 0.3) is 11.8 Å². The molecule has 2 heterocycles. The van der Waals surface area contributed by atoms with Crippen LogP contribution in [0.4, 0.5) is 0 Å². The quantitative estimate of drug-likeness (QED) is 0.374. The number of carbonyl (C=O) groups excluding carboxylic acids is 3. The standard InChI is InChI=1S/C25H24N2O3S2/c28-22-16-25(26-23(29)21-12-7-14-32-21,13-15-31-18-20-10-5-2-6-11-20)24(30)27(22)17-19-8-3-1-4-9-19/h1-12,14H,13,15-18H2,(H,26,29). The Morgan fingerprint density at radius 3 is 2.31 bits per heavy atom. The largest absolute Gasteiger partial charge is 0.336 e. The number of carbonyl (C=O) groups is 3. The Kier molecular flexibility index (Phi) is 7.07. The molecule has 1 aromatic heterocycles. The van der Waals surface area contributed by atoms with Gasteiger partial charge >= 0.3 is 0 Å². The molecular weight excluding hydrogens is 440 g/mol. The summed E-state index contributed by atoms with van der Waals surface area (Å²) >= 11 is 3.01. The Hall–Kier alpha value is -2.90. The molecule has 1 unspecified atom stereocenters. The number of hydrogen-bond acceptors (Lipinski definition) is 5. The highest BCUT2D eigenvalue weighted by Crippen LogP contribution is 2.31. The van der Waals surface area contributed by atoms with Crippen LogP contribution in [0.2, 0.25) is 0 Å². The lowest BCUT2D eigenvalue weighted by atomic mass is 9.93. The van der Waals surface area contributed by atoms with Crippen molar-refractivity contribution in [1.29, 1.82) is 0 Å². The molecule has 7 heteroatoms. The van der Waals surface area contributed by atoms with E-state index >= 15 is 0 Å². The molecule has 0 saturated carbocycles. The van der Waals surface area contributed by atoms with Gasteiger partial charge in [-0.05, 0) is 34.7 Å². The Labute approximate surface area is 195 Å². The van der Waals surface area contributed by atoms with Gasteiger partial charge in [0.2, 0.25) is 5.91 Å². The summed E-state index contributed by atoms with van der Waals surface area (Å²) in [5.41, 5.74) is 0.873. The number of hydrogen-bond donors (Lipinski definition) is 1. The van der Waals surface area contributed by atoms with Gasteiger partial charge in [-0.3, -0.25) is 19.3 Å². The molecule has 1 aliphatic heterocycles.